The van der Waals surface area contributed by atoms with Crippen LogP contribution in [-0.4, -0.2) is 42.1 Å². The molecular formula is C21H23ClIN5. The van der Waals surface area contributed by atoms with Crippen molar-refractivity contribution in [2.45, 2.75) is 6.42 Å². The average molecular weight is 508 g/mol. The van der Waals surface area contributed by atoms with Crippen LogP contribution in [0.4, 0.5) is 17.5 Å². The Morgan fingerprint density at radius 3 is 2.54 bits per heavy atom. The topological polar surface area (TPSA) is 53.1 Å². The number of nitrogens with one attached hydrogen (secondary N) is 2. The Morgan fingerprint density at radius 2 is 1.82 bits per heavy atom. The van der Waals surface area contributed by atoms with Gasteiger partial charge in [0.2, 0.25) is 5.95 Å². The van der Waals surface area contributed by atoms with Gasteiger partial charge in [0, 0.05) is 21.7 Å². The molecule has 146 valence electrons. The van der Waals surface area contributed by atoms with Gasteiger partial charge in [-0.25, -0.2) is 4.98 Å². The van der Waals surface area contributed by atoms with Crippen LogP contribution in [-0.2, 0) is 0 Å². The Morgan fingerprint density at radius 1 is 1.04 bits per heavy atom. The van der Waals surface area contributed by atoms with E-state index in [-0.39, 0.29) is 0 Å². The molecule has 0 bridgehead atoms. The van der Waals surface area contributed by atoms with Crippen LogP contribution in [0.15, 0.2) is 54.6 Å². The number of anilines is 3. The van der Waals surface area contributed by atoms with Gasteiger partial charge in [-0.3, -0.25) is 0 Å². The molecule has 0 unspecified atom stereocenters. The number of aromatic nitrogens is 2. The minimum Gasteiger partial charge on any atom is -0.354 e. The zero-order valence-electron chi connectivity index (χ0n) is 15.9. The number of benzene rings is 2. The number of nitrogens with zero attached hydrogens (tertiary/aromatic N) is 3. The third kappa shape index (κ3) is 6.05. The van der Waals surface area contributed by atoms with E-state index in [0.29, 0.717) is 16.8 Å². The first-order valence-electron chi connectivity index (χ1n) is 9.06. The van der Waals surface area contributed by atoms with Crippen LogP contribution in [0.3, 0.4) is 0 Å². The first-order valence-corrected chi connectivity index (χ1v) is 10.5. The summed E-state index contributed by atoms with van der Waals surface area (Å²) in [6, 6.07) is 17.9. The summed E-state index contributed by atoms with van der Waals surface area (Å²) in [5, 5.41) is 7.32. The van der Waals surface area contributed by atoms with Gasteiger partial charge in [0.05, 0.1) is 16.4 Å². The van der Waals surface area contributed by atoms with Crippen molar-refractivity contribution in [2.75, 3.05) is 37.8 Å². The van der Waals surface area contributed by atoms with E-state index in [1.54, 1.807) is 0 Å². The molecule has 0 atom stereocenters. The van der Waals surface area contributed by atoms with Crippen molar-refractivity contribution in [2.24, 2.45) is 0 Å². The number of rotatable bonds is 8. The molecule has 0 spiro atoms. The van der Waals surface area contributed by atoms with Gasteiger partial charge in [-0.05, 0) is 67.9 Å². The zero-order chi connectivity index (χ0) is 19.9. The molecule has 28 heavy (non-hydrogen) atoms. The van der Waals surface area contributed by atoms with Crippen LogP contribution < -0.4 is 10.6 Å². The fourth-order valence-electron chi connectivity index (χ4n) is 2.67. The lowest BCUT2D eigenvalue weighted by molar-refractivity contribution is 0.405. The maximum atomic E-state index is 6.38. The van der Waals surface area contributed by atoms with Gasteiger partial charge in [0.15, 0.2) is 0 Å². The molecule has 0 saturated heterocycles. The monoisotopic (exact) mass is 507 g/mol. The summed E-state index contributed by atoms with van der Waals surface area (Å²) < 4.78 is 1.09. The molecule has 2 N–H and O–H groups in total. The number of hydrogen-bond acceptors (Lipinski definition) is 5. The summed E-state index contributed by atoms with van der Waals surface area (Å²) in [5.41, 5.74) is 2.71. The summed E-state index contributed by atoms with van der Waals surface area (Å²) in [7, 11) is 4.14. The fourth-order valence-corrected chi connectivity index (χ4v) is 3.57. The molecule has 1 heterocycles. The molecule has 3 aromatic rings. The van der Waals surface area contributed by atoms with Crippen molar-refractivity contribution in [1.29, 1.82) is 0 Å². The largest absolute Gasteiger partial charge is 0.354 e. The van der Waals surface area contributed by atoms with Crippen molar-refractivity contribution in [3.8, 4) is 11.3 Å². The third-order valence-electron chi connectivity index (χ3n) is 4.05. The van der Waals surface area contributed by atoms with Crippen LogP contribution in [0.1, 0.15) is 6.42 Å². The molecule has 0 fully saturated rings. The minimum atomic E-state index is 0.601. The molecule has 0 aliphatic carbocycles. The van der Waals surface area contributed by atoms with E-state index in [1.165, 1.54) is 0 Å². The molecule has 7 heteroatoms. The van der Waals surface area contributed by atoms with E-state index in [9.17, 15) is 0 Å². The lowest BCUT2D eigenvalue weighted by Crippen LogP contribution is -2.17. The standard InChI is InChI=1S/C21H23ClIN5/c1-28(2)12-6-11-24-21-26-19(15-7-4-3-5-8-15)14-20(27-21)25-18-10-9-16(23)13-17(18)22/h3-5,7-10,13-14H,6,11-12H2,1-2H3,(H2,24,25,26,27). The van der Waals surface area contributed by atoms with Gasteiger partial charge in [-0.1, -0.05) is 41.9 Å². The van der Waals surface area contributed by atoms with Crippen molar-refractivity contribution in [3.05, 3.63) is 63.2 Å². The molecule has 1 aromatic heterocycles. The van der Waals surface area contributed by atoms with Gasteiger partial charge < -0.3 is 15.5 Å². The van der Waals surface area contributed by atoms with E-state index >= 15 is 0 Å². The summed E-state index contributed by atoms with van der Waals surface area (Å²) in [6.45, 7) is 1.81. The van der Waals surface area contributed by atoms with Crippen LogP contribution >= 0.6 is 34.2 Å². The van der Waals surface area contributed by atoms with Crippen LogP contribution in [0, 0.1) is 3.57 Å². The quantitative estimate of drug-likeness (QED) is 0.311. The second-order valence-corrected chi connectivity index (χ2v) is 8.31. The van der Waals surface area contributed by atoms with E-state index in [0.717, 1.165) is 40.0 Å². The van der Waals surface area contributed by atoms with E-state index in [4.69, 9.17) is 11.6 Å². The molecule has 0 aliphatic rings. The lowest BCUT2D eigenvalue weighted by atomic mass is 10.1. The maximum Gasteiger partial charge on any atom is 0.225 e. The molecule has 0 amide bonds. The maximum absolute atomic E-state index is 6.38. The third-order valence-corrected chi connectivity index (χ3v) is 5.04. The van der Waals surface area contributed by atoms with Crippen molar-refractivity contribution in [1.82, 2.24) is 14.9 Å². The van der Waals surface area contributed by atoms with Crippen molar-refractivity contribution < 1.29 is 0 Å². The summed E-state index contributed by atoms with van der Waals surface area (Å²) in [5.74, 6) is 1.30. The fraction of sp³-hybridized carbons (Fsp3) is 0.238. The Kier molecular flexibility index (Phi) is 7.47. The van der Waals surface area contributed by atoms with Crippen LogP contribution in [0.25, 0.3) is 11.3 Å². The summed E-state index contributed by atoms with van der Waals surface area (Å²) >= 11 is 8.62. The summed E-state index contributed by atoms with van der Waals surface area (Å²) in [6.07, 6.45) is 1.01. The first-order chi connectivity index (χ1) is 13.5. The van der Waals surface area contributed by atoms with Crippen LogP contribution in [0.2, 0.25) is 5.02 Å². The molecule has 0 radical (unpaired) electrons. The predicted molar refractivity (Wildman–Crippen MR) is 127 cm³/mol. The van der Waals surface area contributed by atoms with Crippen molar-refractivity contribution in [3.63, 3.8) is 0 Å². The molecule has 2 aromatic carbocycles. The van der Waals surface area contributed by atoms with Crippen molar-refractivity contribution >= 4 is 51.6 Å². The highest BCUT2D eigenvalue weighted by Crippen LogP contribution is 2.28. The minimum absolute atomic E-state index is 0.601. The Hall–Kier alpha value is -1.90. The first kappa shape index (κ1) is 20.8. The number of halogens is 2. The molecule has 0 aliphatic heterocycles. The second-order valence-electron chi connectivity index (χ2n) is 6.66. The predicted octanol–water partition coefficient (Wildman–Crippen LogP) is 5.51. The normalized spacial score (nSPS) is 10.9. The summed E-state index contributed by atoms with van der Waals surface area (Å²) in [4.78, 5) is 11.5. The number of hydrogen-bond donors (Lipinski definition) is 2. The average Bonchev–Trinajstić information content (AvgIpc) is 2.68. The van der Waals surface area contributed by atoms with Gasteiger partial charge >= 0.3 is 0 Å². The Balaban J connectivity index is 1.86. The van der Waals surface area contributed by atoms with Gasteiger partial charge in [-0.2, -0.15) is 4.98 Å². The molecule has 5 nitrogen and oxygen atoms in total. The lowest BCUT2D eigenvalue weighted by Gasteiger charge is -2.13. The van der Waals surface area contributed by atoms with Gasteiger partial charge in [-0.15, -0.1) is 0 Å². The molecule has 3 rings (SSSR count). The Labute approximate surface area is 184 Å². The van der Waals surface area contributed by atoms with E-state index in [1.807, 2.05) is 54.6 Å². The zero-order valence-corrected chi connectivity index (χ0v) is 18.8. The van der Waals surface area contributed by atoms with Gasteiger partial charge in [0.25, 0.3) is 0 Å². The second kappa shape index (κ2) is 10.0. The smallest absolute Gasteiger partial charge is 0.225 e. The van der Waals surface area contributed by atoms with E-state index in [2.05, 4.69) is 62.2 Å². The highest BCUT2D eigenvalue weighted by Gasteiger charge is 2.09. The molecule has 0 saturated carbocycles. The SMILES string of the molecule is CN(C)CCCNc1nc(Nc2ccc(I)cc2Cl)cc(-c2ccccc2)n1. The van der Waals surface area contributed by atoms with E-state index < -0.39 is 0 Å². The molecular weight excluding hydrogens is 485 g/mol. The highest BCUT2D eigenvalue weighted by molar-refractivity contribution is 14.1. The van der Waals surface area contributed by atoms with Crippen LogP contribution in [0.5, 0.6) is 0 Å². The Bertz CT molecular complexity index is 918. The van der Waals surface area contributed by atoms with Gasteiger partial charge in [0.1, 0.15) is 5.82 Å². The highest BCUT2D eigenvalue weighted by atomic mass is 127.